The highest BCUT2D eigenvalue weighted by Gasteiger charge is 2.23. The summed E-state index contributed by atoms with van der Waals surface area (Å²) in [6.07, 6.45) is 4.97. The van der Waals surface area contributed by atoms with Gasteiger partial charge in [0.2, 0.25) is 0 Å². The lowest BCUT2D eigenvalue weighted by molar-refractivity contribution is 0.0856. The maximum atomic E-state index is 5.82. The number of aromatic nitrogens is 3. The Hall–Kier alpha value is -2.64. The Labute approximate surface area is 170 Å². The zero-order valence-corrected chi connectivity index (χ0v) is 17.0. The van der Waals surface area contributed by atoms with Gasteiger partial charge < -0.3 is 20.1 Å². The molecule has 0 atom stereocenters. The summed E-state index contributed by atoms with van der Waals surface area (Å²) in [4.78, 5) is 4.86. The molecule has 29 heavy (non-hydrogen) atoms. The SMILES string of the molecule is CNc1cc(C2CCOCC2)c2cc(OC)c(-n3ncc4c3CCNC4)cc2n1. The van der Waals surface area contributed by atoms with Crippen LogP contribution in [0.1, 0.15) is 35.6 Å². The Bertz CT molecular complexity index is 1040. The predicted octanol–water partition coefficient (Wildman–Crippen LogP) is 3.01. The second-order valence-corrected chi connectivity index (χ2v) is 7.73. The summed E-state index contributed by atoms with van der Waals surface area (Å²) in [5.74, 6) is 2.19. The third-order valence-electron chi connectivity index (χ3n) is 6.10. The number of fused-ring (bicyclic) bond motifs is 2. The summed E-state index contributed by atoms with van der Waals surface area (Å²) in [5.41, 5.74) is 5.72. The van der Waals surface area contributed by atoms with Gasteiger partial charge in [0.25, 0.3) is 0 Å². The first-order valence-electron chi connectivity index (χ1n) is 10.3. The standard InChI is InChI=1S/C22H27N5O2/c1-23-22-10-16(14-4-7-29-8-5-14)17-9-21(28-2)20(11-18(17)26-22)27-19-3-6-24-12-15(19)13-25-27/h9-11,13-14,24H,3-8,12H2,1-2H3,(H,23,26). The van der Waals surface area contributed by atoms with Crippen LogP contribution in [0.5, 0.6) is 5.75 Å². The minimum Gasteiger partial charge on any atom is -0.494 e. The van der Waals surface area contributed by atoms with Crippen LogP contribution in [0.2, 0.25) is 0 Å². The molecule has 3 aromatic rings. The number of nitrogens with one attached hydrogen (secondary N) is 2. The smallest absolute Gasteiger partial charge is 0.145 e. The summed E-state index contributed by atoms with van der Waals surface area (Å²) in [6.45, 7) is 3.45. The highest BCUT2D eigenvalue weighted by molar-refractivity contribution is 5.88. The van der Waals surface area contributed by atoms with Crippen molar-refractivity contribution in [3.8, 4) is 11.4 Å². The molecule has 4 heterocycles. The van der Waals surface area contributed by atoms with E-state index in [4.69, 9.17) is 14.5 Å². The number of hydrogen-bond donors (Lipinski definition) is 2. The summed E-state index contributed by atoms with van der Waals surface area (Å²) in [7, 11) is 3.65. The van der Waals surface area contributed by atoms with E-state index in [1.165, 1.54) is 16.8 Å². The Balaban J connectivity index is 1.69. The lowest BCUT2D eigenvalue weighted by atomic mass is 9.89. The number of hydrogen-bond acceptors (Lipinski definition) is 6. The molecule has 0 spiro atoms. The van der Waals surface area contributed by atoms with Crippen LogP contribution in [-0.4, -0.2) is 48.7 Å². The highest BCUT2D eigenvalue weighted by atomic mass is 16.5. The molecule has 152 valence electrons. The first kappa shape index (κ1) is 18.4. The maximum absolute atomic E-state index is 5.82. The fourth-order valence-electron chi connectivity index (χ4n) is 4.53. The van der Waals surface area contributed by atoms with Crippen LogP contribution in [0.15, 0.2) is 24.4 Å². The van der Waals surface area contributed by atoms with Gasteiger partial charge in [-0.05, 0) is 42.5 Å². The largest absolute Gasteiger partial charge is 0.494 e. The van der Waals surface area contributed by atoms with Crippen LogP contribution in [0.25, 0.3) is 16.6 Å². The number of anilines is 1. The third-order valence-corrected chi connectivity index (χ3v) is 6.10. The average Bonchev–Trinajstić information content (AvgIpc) is 3.22. The number of nitrogens with zero attached hydrogens (tertiary/aromatic N) is 3. The van der Waals surface area contributed by atoms with Crippen LogP contribution in [0, 0.1) is 0 Å². The second kappa shape index (κ2) is 7.65. The molecule has 7 nitrogen and oxygen atoms in total. The van der Waals surface area contributed by atoms with Crippen molar-refractivity contribution < 1.29 is 9.47 Å². The molecule has 0 saturated carbocycles. The molecule has 0 radical (unpaired) electrons. The van der Waals surface area contributed by atoms with Crippen LogP contribution >= 0.6 is 0 Å². The fraction of sp³-hybridized carbons (Fsp3) is 0.455. The van der Waals surface area contributed by atoms with Gasteiger partial charge in [-0.15, -0.1) is 0 Å². The van der Waals surface area contributed by atoms with Crippen LogP contribution in [0.4, 0.5) is 5.82 Å². The molecule has 1 fully saturated rings. The molecule has 0 unspecified atom stereocenters. The lowest BCUT2D eigenvalue weighted by Gasteiger charge is -2.25. The number of pyridine rings is 1. The van der Waals surface area contributed by atoms with Crippen molar-refractivity contribution in [2.45, 2.75) is 31.7 Å². The highest BCUT2D eigenvalue weighted by Crippen LogP contribution is 2.38. The van der Waals surface area contributed by atoms with E-state index in [2.05, 4.69) is 33.9 Å². The van der Waals surface area contributed by atoms with Gasteiger partial charge in [-0.25, -0.2) is 9.67 Å². The maximum Gasteiger partial charge on any atom is 0.145 e. The van der Waals surface area contributed by atoms with Crippen LogP contribution < -0.4 is 15.4 Å². The minimum atomic E-state index is 0.473. The molecule has 1 aromatic carbocycles. The van der Waals surface area contributed by atoms with Gasteiger partial charge in [-0.3, -0.25) is 0 Å². The van der Waals surface area contributed by atoms with Gasteiger partial charge in [-0.2, -0.15) is 5.10 Å². The number of methoxy groups -OCH3 is 1. The van der Waals surface area contributed by atoms with Crippen molar-refractivity contribution in [2.24, 2.45) is 0 Å². The molecule has 1 saturated heterocycles. The summed E-state index contributed by atoms with van der Waals surface area (Å²) < 4.78 is 13.4. The van der Waals surface area contributed by atoms with Crippen molar-refractivity contribution in [2.75, 3.05) is 39.2 Å². The predicted molar refractivity (Wildman–Crippen MR) is 113 cm³/mol. The molecule has 0 aliphatic carbocycles. The van der Waals surface area contributed by atoms with E-state index < -0.39 is 0 Å². The Morgan fingerprint density at radius 2 is 2.10 bits per heavy atom. The van der Waals surface area contributed by atoms with Crippen LogP contribution in [-0.2, 0) is 17.7 Å². The van der Waals surface area contributed by atoms with E-state index in [1.807, 2.05) is 17.9 Å². The zero-order valence-electron chi connectivity index (χ0n) is 17.0. The second-order valence-electron chi connectivity index (χ2n) is 7.73. The molecule has 7 heteroatoms. The molecular weight excluding hydrogens is 366 g/mol. The molecule has 5 rings (SSSR count). The summed E-state index contributed by atoms with van der Waals surface area (Å²) >= 11 is 0. The van der Waals surface area contributed by atoms with Gasteiger partial charge >= 0.3 is 0 Å². The normalized spacial score (nSPS) is 17.3. The molecule has 2 aliphatic rings. The van der Waals surface area contributed by atoms with E-state index in [-0.39, 0.29) is 0 Å². The van der Waals surface area contributed by atoms with Crippen LogP contribution in [0.3, 0.4) is 0 Å². The van der Waals surface area contributed by atoms with Crippen molar-refractivity contribution in [3.05, 3.63) is 41.2 Å². The van der Waals surface area contributed by atoms with Gasteiger partial charge in [-0.1, -0.05) is 0 Å². The first-order valence-corrected chi connectivity index (χ1v) is 10.3. The van der Waals surface area contributed by atoms with Crippen molar-refractivity contribution in [1.29, 1.82) is 0 Å². The van der Waals surface area contributed by atoms with Crippen molar-refractivity contribution >= 4 is 16.7 Å². The summed E-state index contributed by atoms with van der Waals surface area (Å²) in [6, 6.07) is 6.43. The molecule has 0 bridgehead atoms. The van der Waals surface area contributed by atoms with Crippen molar-refractivity contribution in [3.63, 3.8) is 0 Å². The molecule has 2 aromatic heterocycles. The van der Waals surface area contributed by atoms with E-state index in [1.54, 1.807) is 7.11 Å². The zero-order chi connectivity index (χ0) is 19.8. The summed E-state index contributed by atoms with van der Waals surface area (Å²) in [5, 5.41) is 12.5. The third kappa shape index (κ3) is 3.24. The van der Waals surface area contributed by atoms with Gasteiger partial charge in [0.15, 0.2) is 0 Å². The quantitative estimate of drug-likeness (QED) is 0.710. The Kier molecular flexibility index (Phi) is 4.85. The van der Waals surface area contributed by atoms with Crippen molar-refractivity contribution in [1.82, 2.24) is 20.1 Å². The fourth-order valence-corrected chi connectivity index (χ4v) is 4.53. The number of benzene rings is 1. The van der Waals surface area contributed by atoms with Gasteiger partial charge in [0.05, 0.1) is 24.5 Å². The minimum absolute atomic E-state index is 0.473. The topological polar surface area (TPSA) is 73.2 Å². The van der Waals surface area contributed by atoms with E-state index in [9.17, 15) is 0 Å². The number of ether oxygens (including phenoxy) is 2. The van der Waals surface area contributed by atoms with E-state index >= 15 is 0 Å². The lowest BCUT2D eigenvalue weighted by Crippen LogP contribution is -2.24. The van der Waals surface area contributed by atoms with E-state index in [0.717, 1.165) is 73.7 Å². The Morgan fingerprint density at radius 3 is 2.90 bits per heavy atom. The average molecular weight is 393 g/mol. The van der Waals surface area contributed by atoms with E-state index in [0.29, 0.717) is 5.92 Å². The van der Waals surface area contributed by atoms with Gasteiger partial charge in [0.1, 0.15) is 17.3 Å². The monoisotopic (exact) mass is 393 g/mol. The molecular formula is C22H27N5O2. The molecule has 0 amide bonds. The molecule has 2 aliphatic heterocycles. The molecule has 2 N–H and O–H groups in total. The number of rotatable bonds is 4. The first-order chi connectivity index (χ1) is 14.3. The van der Waals surface area contributed by atoms with Gasteiger partial charge in [0, 0.05) is 50.7 Å². The Morgan fingerprint density at radius 1 is 1.24 bits per heavy atom.